The van der Waals surface area contributed by atoms with Crippen molar-refractivity contribution in [1.82, 2.24) is 14.9 Å². The lowest BCUT2D eigenvalue weighted by atomic mass is 10.1. The average molecular weight is 496 g/mol. The second-order valence-electron chi connectivity index (χ2n) is 9.50. The first-order chi connectivity index (χ1) is 18.1. The van der Waals surface area contributed by atoms with Crippen molar-refractivity contribution in [1.29, 1.82) is 0 Å². The zero-order chi connectivity index (χ0) is 26.0. The van der Waals surface area contributed by atoms with Crippen LogP contribution in [0.1, 0.15) is 52.1 Å². The molecule has 4 aromatic rings. The molecule has 5 nitrogen and oxygen atoms in total. The van der Waals surface area contributed by atoms with E-state index in [1.807, 2.05) is 62.4 Å². The Balaban J connectivity index is 1.30. The van der Waals surface area contributed by atoms with Crippen LogP contribution in [-0.2, 0) is 19.4 Å². The zero-order valence-electron chi connectivity index (χ0n) is 22.0. The van der Waals surface area contributed by atoms with E-state index in [0.717, 1.165) is 77.9 Å². The Bertz CT molecular complexity index is 1360. The van der Waals surface area contributed by atoms with E-state index in [4.69, 9.17) is 9.72 Å². The molecule has 1 N–H and O–H groups in total. The minimum atomic E-state index is -0.0133. The van der Waals surface area contributed by atoms with Crippen LogP contribution in [-0.4, -0.2) is 28.6 Å². The van der Waals surface area contributed by atoms with Crippen molar-refractivity contribution in [2.75, 3.05) is 13.2 Å². The SMILES string of the molecule is C=CCc1ccccc1OCCCCn1c(CCCNC(=O)c2ccc(C)cc2C)nc2ccccc21. The maximum absolute atomic E-state index is 12.6. The van der Waals surface area contributed by atoms with Gasteiger partial charge in [0.1, 0.15) is 11.6 Å². The second kappa shape index (κ2) is 12.9. The van der Waals surface area contributed by atoms with Gasteiger partial charge in [0.25, 0.3) is 5.91 Å². The maximum Gasteiger partial charge on any atom is 0.251 e. The van der Waals surface area contributed by atoms with Crippen LogP contribution < -0.4 is 10.1 Å². The third-order valence-electron chi connectivity index (χ3n) is 6.59. The lowest BCUT2D eigenvalue weighted by molar-refractivity contribution is 0.0952. The van der Waals surface area contributed by atoms with E-state index in [1.54, 1.807) is 0 Å². The van der Waals surface area contributed by atoms with E-state index in [2.05, 4.69) is 40.7 Å². The summed E-state index contributed by atoms with van der Waals surface area (Å²) < 4.78 is 8.39. The number of imidazole rings is 1. The molecule has 0 aliphatic carbocycles. The monoisotopic (exact) mass is 495 g/mol. The summed E-state index contributed by atoms with van der Waals surface area (Å²) in [5.41, 5.74) is 6.27. The number of fused-ring (bicyclic) bond motifs is 1. The average Bonchev–Trinajstić information content (AvgIpc) is 3.24. The standard InChI is InChI=1S/C32H37N3O2/c1-4-12-26-13-5-8-16-30(26)37-22-10-9-21-35-29-15-7-6-14-28(29)34-31(35)17-11-20-33-32(36)27-19-18-24(2)23-25(27)3/h4-8,13-16,18-19,23H,1,9-12,17,20-22H2,2-3H3,(H,33,36). The smallest absolute Gasteiger partial charge is 0.251 e. The van der Waals surface area contributed by atoms with E-state index >= 15 is 0 Å². The van der Waals surface area contributed by atoms with Gasteiger partial charge in [-0.25, -0.2) is 4.98 Å². The highest BCUT2D eigenvalue weighted by Crippen LogP contribution is 2.20. The predicted molar refractivity (Wildman–Crippen MR) is 151 cm³/mol. The molecule has 1 amide bonds. The Morgan fingerprint density at radius 3 is 2.68 bits per heavy atom. The molecular formula is C32H37N3O2. The van der Waals surface area contributed by atoms with Gasteiger partial charge in [0, 0.05) is 25.1 Å². The first-order valence-corrected chi connectivity index (χ1v) is 13.2. The van der Waals surface area contributed by atoms with Crippen molar-refractivity contribution < 1.29 is 9.53 Å². The minimum Gasteiger partial charge on any atom is -0.493 e. The summed E-state index contributed by atoms with van der Waals surface area (Å²) in [6.45, 7) is 10.0. The molecule has 0 spiro atoms. The number of ether oxygens (including phenoxy) is 1. The number of carbonyl (C=O) groups is 1. The lowest BCUT2D eigenvalue weighted by Crippen LogP contribution is -2.25. The molecule has 0 aliphatic heterocycles. The van der Waals surface area contributed by atoms with Gasteiger partial charge in [-0.3, -0.25) is 4.79 Å². The Labute approximate surface area is 220 Å². The number of nitrogens with zero attached hydrogens (tertiary/aromatic N) is 2. The fourth-order valence-electron chi connectivity index (χ4n) is 4.70. The van der Waals surface area contributed by atoms with Gasteiger partial charge in [-0.2, -0.15) is 0 Å². The van der Waals surface area contributed by atoms with E-state index in [9.17, 15) is 4.79 Å². The minimum absolute atomic E-state index is 0.0133. The molecule has 0 saturated heterocycles. The Kier molecular flexibility index (Phi) is 9.14. The van der Waals surface area contributed by atoms with Crippen LogP contribution in [0.4, 0.5) is 0 Å². The number of allylic oxidation sites excluding steroid dienone is 1. The van der Waals surface area contributed by atoms with Crippen molar-refractivity contribution in [2.24, 2.45) is 0 Å². The van der Waals surface area contributed by atoms with Crippen molar-refractivity contribution >= 4 is 16.9 Å². The Morgan fingerprint density at radius 2 is 1.84 bits per heavy atom. The molecule has 0 bridgehead atoms. The number of amides is 1. The fourth-order valence-corrected chi connectivity index (χ4v) is 4.70. The number of hydrogen-bond acceptors (Lipinski definition) is 3. The number of aromatic nitrogens is 2. The Morgan fingerprint density at radius 1 is 1.03 bits per heavy atom. The van der Waals surface area contributed by atoms with Crippen molar-refractivity contribution in [2.45, 2.75) is 52.5 Å². The number of para-hydroxylation sites is 3. The molecule has 5 heteroatoms. The fraction of sp³-hybridized carbons (Fsp3) is 0.312. The summed E-state index contributed by atoms with van der Waals surface area (Å²) >= 11 is 0. The largest absolute Gasteiger partial charge is 0.493 e. The summed E-state index contributed by atoms with van der Waals surface area (Å²) in [7, 11) is 0. The third-order valence-corrected chi connectivity index (χ3v) is 6.59. The second-order valence-corrected chi connectivity index (χ2v) is 9.50. The molecule has 0 aliphatic rings. The first kappa shape index (κ1) is 26.2. The highest BCUT2D eigenvalue weighted by molar-refractivity contribution is 5.95. The summed E-state index contributed by atoms with van der Waals surface area (Å²) in [6.07, 6.45) is 6.33. The summed E-state index contributed by atoms with van der Waals surface area (Å²) in [5, 5.41) is 3.07. The molecule has 1 aromatic heterocycles. The van der Waals surface area contributed by atoms with Crippen molar-refractivity contribution in [3.63, 3.8) is 0 Å². The van der Waals surface area contributed by atoms with Crippen LogP contribution in [0.3, 0.4) is 0 Å². The maximum atomic E-state index is 12.6. The van der Waals surface area contributed by atoms with E-state index < -0.39 is 0 Å². The van der Waals surface area contributed by atoms with Crippen LogP contribution in [0, 0.1) is 13.8 Å². The summed E-state index contributed by atoms with van der Waals surface area (Å²) in [4.78, 5) is 17.5. The molecule has 0 saturated carbocycles. The van der Waals surface area contributed by atoms with Gasteiger partial charge in [-0.05, 0) is 74.9 Å². The van der Waals surface area contributed by atoms with Crippen LogP contribution in [0.25, 0.3) is 11.0 Å². The normalized spacial score (nSPS) is 11.0. The van der Waals surface area contributed by atoms with Gasteiger partial charge in [-0.1, -0.05) is 54.1 Å². The molecular weight excluding hydrogens is 458 g/mol. The first-order valence-electron chi connectivity index (χ1n) is 13.2. The molecule has 37 heavy (non-hydrogen) atoms. The molecule has 0 atom stereocenters. The van der Waals surface area contributed by atoms with Crippen LogP contribution in [0.2, 0.25) is 0 Å². The number of rotatable bonds is 13. The third kappa shape index (κ3) is 6.88. The van der Waals surface area contributed by atoms with Crippen molar-refractivity contribution in [3.05, 3.63) is 107 Å². The molecule has 1 heterocycles. The zero-order valence-corrected chi connectivity index (χ0v) is 22.0. The quantitative estimate of drug-likeness (QED) is 0.168. The molecule has 3 aromatic carbocycles. The van der Waals surface area contributed by atoms with E-state index in [1.165, 1.54) is 5.56 Å². The van der Waals surface area contributed by atoms with Crippen LogP contribution >= 0.6 is 0 Å². The topological polar surface area (TPSA) is 56.1 Å². The Hall–Kier alpha value is -3.86. The van der Waals surface area contributed by atoms with E-state index in [0.29, 0.717) is 13.2 Å². The van der Waals surface area contributed by atoms with Crippen LogP contribution in [0.15, 0.2) is 79.4 Å². The number of aryl methyl sites for hydroxylation is 4. The molecule has 0 unspecified atom stereocenters. The highest BCUT2D eigenvalue weighted by Gasteiger charge is 2.12. The summed E-state index contributed by atoms with van der Waals surface area (Å²) in [5.74, 6) is 2.00. The van der Waals surface area contributed by atoms with Gasteiger partial charge >= 0.3 is 0 Å². The van der Waals surface area contributed by atoms with Gasteiger partial charge in [0.15, 0.2) is 0 Å². The molecule has 0 radical (unpaired) electrons. The van der Waals surface area contributed by atoms with Crippen LogP contribution in [0.5, 0.6) is 5.75 Å². The predicted octanol–water partition coefficient (Wildman–Crippen LogP) is 6.60. The molecule has 0 fully saturated rings. The number of benzene rings is 3. The highest BCUT2D eigenvalue weighted by atomic mass is 16.5. The number of nitrogens with one attached hydrogen (secondary N) is 1. The van der Waals surface area contributed by atoms with Crippen molar-refractivity contribution in [3.8, 4) is 5.75 Å². The molecule has 192 valence electrons. The van der Waals surface area contributed by atoms with Gasteiger partial charge in [0.05, 0.1) is 17.6 Å². The van der Waals surface area contributed by atoms with Gasteiger partial charge in [-0.15, -0.1) is 6.58 Å². The number of unbranched alkanes of at least 4 members (excludes halogenated alkanes) is 1. The number of carbonyl (C=O) groups excluding carboxylic acids is 1. The summed E-state index contributed by atoms with van der Waals surface area (Å²) in [6, 6.07) is 22.4. The van der Waals surface area contributed by atoms with Gasteiger partial charge < -0.3 is 14.6 Å². The van der Waals surface area contributed by atoms with Gasteiger partial charge in [0.2, 0.25) is 0 Å². The lowest BCUT2D eigenvalue weighted by Gasteiger charge is -2.12. The number of hydrogen-bond donors (Lipinski definition) is 1. The van der Waals surface area contributed by atoms with E-state index in [-0.39, 0.29) is 5.91 Å². The molecule has 4 rings (SSSR count).